The van der Waals surface area contributed by atoms with Gasteiger partial charge in [-0.2, -0.15) is 0 Å². The Bertz CT molecular complexity index is 724. The van der Waals surface area contributed by atoms with E-state index >= 15 is 0 Å². The van der Waals surface area contributed by atoms with Crippen molar-refractivity contribution in [2.24, 2.45) is 5.41 Å². The molecule has 1 aromatic heterocycles. The second-order valence-electron chi connectivity index (χ2n) is 7.97. The van der Waals surface area contributed by atoms with Gasteiger partial charge in [-0.1, -0.05) is 76.3 Å². The van der Waals surface area contributed by atoms with Crippen molar-refractivity contribution in [1.82, 2.24) is 9.97 Å². The number of unbranched alkanes of at least 4 members (excludes halogenated alkanes) is 3. The van der Waals surface area contributed by atoms with Crippen LogP contribution in [-0.2, 0) is 11.0 Å². The van der Waals surface area contributed by atoms with Crippen LogP contribution in [0.15, 0.2) is 30.5 Å². The first kappa shape index (κ1) is 23.1. The molecule has 3 unspecified atom stereocenters. The summed E-state index contributed by atoms with van der Waals surface area (Å²) in [6.45, 7) is 6.75. The largest absolute Gasteiger partial charge is 0.409 e. The number of hydrogen-bond acceptors (Lipinski definition) is 3. The lowest BCUT2D eigenvalue weighted by Gasteiger charge is -2.39. The van der Waals surface area contributed by atoms with Gasteiger partial charge in [0.1, 0.15) is 11.9 Å². The Morgan fingerprint density at radius 3 is 2.64 bits per heavy atom. The van der Waals surface area contributed by atoms with E-state index in [0.717, 1.165) is 23.7 Å². The Kier molecular flexibility index (Phi) is 9.21. The first-order chi connectivity index (χ1) is 13.4. The first-order valence-corrected chi connectivity index (χ1v) is 10.9. The average molecular weight is 420 g/mol. The summed E-state index contributed by atoms with van der Waals surface area (Å²) in [5, 5.41) is 10.1. The topological polar surface area (TPSA) is 58.1 Å². The monoisotopic (exact) mass is 419 g/mol. The van der Waals surface area contributed by atoms with Gasteiger partial charge in [-0.25, -0.2) is 4.98 Å². The number of hydrogen-bond donors (Lipinski definition) is 2. The quantitative estimate of drug-likeness (QED) is 0.334. The van der Waals surface area contributed by atoms with E-state index in [1.165, 1.54) is 31.2 Å². The van der Waals surface area contributed by atoms with Gasteiger partial charge < -0.3 is 14.5 Å². The highest BCUT2D eigenvalue weighted by atomic mass is 35.5. The van der Waals surface area contributed by atoms with Crippen LogP contribution in [0.2, 0.25) is 5.02 Å². The third-order valence-corrected chi connectivity index (χ3v) is 6.56. The number of aliphatic hydroxyl groups excluding tert-OH is 1. The van der Waals surface area contributed by atoms with Crippen molar-refractivity contribution in [3.8, 4) is 0 Å². The maximum atomic E-state index is 9.33. The molecule has 0 saturated heterocycles. The highest BCUT2D eigenvalue weighted by Gasteiger charge is 2.36. The van der Waals surface area contributed by atoms with Gasteiger partial charge in [0.25, 0.3) is 0 Å². The van der Waals surface area contributed by atoms with Gasteiger partial charge in [-0.3, -0.25) is 0 Å². The van der Waals surface area contributed by atoms with Crippen molar-refractivity contribution < 1.29 is 9.53 Å². The van der Waals surface area contributed by atoms with Gasteiger partial charge in [-0.05, 0) is 35.8 Å². The third kappa shape index (κ3) is 5.93. The van der Waals surface area contributed by atoms with E-state index in [1.807, 2.05) is 18.2 Å². The van der Waals surface area contributed by atoms with Gasteiger partial charge in [0.05, 0.1) is 18.5 Å². The van der Waals surface area contributed by atoms with Crippen LogP contribution in [0.25, 0.3) is 0 Å². The van der Waals surface area contributed by atoms with E-state index in [4.69, 9.17) is 16.0 Å². The molecule has 153 valence electrons. The van der Waals surface area contributed by atoms with Crippen molar-refractivity contribution in [1.29, 1.82) is 0 Å². The van der Waals surface area contributed by atoms with E-state index < -0.39 is 0 Å². The zero-order valence-electron chi connectivity index (χ0n) is 17.2. The molecule has 1 aromatic carbocycles. The minimum atomic E-state index is -0.238. The summed E-state index contributed by atoms with van der Waals surface area (Å²) < 4.78 is 5.63. The molecule has 0 fully saturated rings. The number of halogens is 1. The summed E-state index contributed by atoms with van der Waals surface area (Å²) in [6, 6.07) is 8.11. The zero-order chi connectivity index (χ0) is 20.6. The molecule has 0 aliphatic carbocycles. The lowest BCUT2D eigenvalue weighted by molar-refractivity contribution is 0.103. The van der Waals surface area contributed by atoms with E-state index in [2.05, 4.69) is 47.3 Å². The van der Waals surface area contributed by atoms with Crippen LogP contribution in [-0.4, -0.2) is 25.6 Å². The van der Waals surface area contributed by atoms with Crippen LogP contribution in [0.3, 0.4) is 0 Å². The molecule has 4 nitrogen and oxygen atoms in total. The van der Waals surface area contributed by atoms with Crippen LogP contribution >= 0.6 is 11.6 Å². The standard InChI is InChI=1S/C22H32ClN2O2Si/c1-4-5-6-9-12-22(3,16(2)18-10-7-8-11-19(18)23)13-20(27-28)21-24-14-17(15-26)25-21/h7-8,10-11,14,16,20,26H,4-6,9,12-13,15H2,1-3H3,(H,24,25). The number of imidazole rings is 1. The average Bonchev–Trinajstić information content (AvgIpc) is 3.18. The number of nitrogens with one attached hydrogen (secondary N) is 1. The molecule has 3 atom stereocenters. The maximum Gasteiger partial charge on any atom is 0.247 e. The van der Waals surface area contributed by atoms with Gasteiger partial charge in [0.2, 0.25) is 10.5 Å². The molecule has 1 heterocycles. The first-order valence-electron chi connectivity index (χ1n) is 10.2. The van der Waals surface area contributed by atoms with Crippen LogP contribution in [0, 0.1) is 5.41 Å². The number of rotatable bonds is 12. The Balaban J connectivity index is 2.26. The number of aromatic amines is 1. The highest BCUT2D eigenvalue weighted by molar-refractivity contribution is 6.31. The molecular formula is C22H32ClN2O2Si. The molecule has 0 aliphatic rings. The Morgan fingerprint density at radius 1 is 1.29 bits per heavy atom. The molecule has 0 saturated carbocycles. The molecule has 6 heteroatoms. The predicted octanol–water partition coefficient (Wildman–Crippen LogP) is 5.87. The van der Waals surface area contributed by atoms with Crippen molar-refractivity contribution in [3.63, 3.8) is 0 Å². The minimum Gasteiger partial charge on any atom is -0.409 e. The SMILES string of the molecule is CCCCCCC(C)(CC(O[Si])c1ncc(CO)[nH]1)C(C)c1ccccc1Cl. The molecule has 2 aromatic rings. The summed E-state index contributed by atoms with van der Waals surface area (Å²) in [5.74, 6) is 0.990. The van der Waals surface area contributed by atoms with Crippen LogP contribution < -0.4 is 0 Å². The van der Waals surface area contributed by atoms with Crippen molar-refractivity contribution in [2.45, 2.75) is 77.9 Å². The summed E-state index contributed by atoms with van der Waals surface area (Å²) in [4.78, 5) is 7.56. The second kappa shape index (κ2) is 11.1. The molecule has 3 radical (unpaired) electrons. The van der Waals surface area contributed by atoms with Gasteiger partial charge >= 0.3 is 0 Å². The van der Waals surface area contributed by atoms with Crippen molar-refractivity contribution in [2.75, 3.05) is 0 Å². The lowest BCUT2D eigenvalue weighted by atomic mass is 9.68. The van der Waals surface area contributed by atoms with Gasteiger partial charge in [-0.15, -0.1) is 0 Å². The molecular weight excluding hydrogens is 388 g/mol. The molecule has 0 aliphatic heterocycles. The molecule has 0 bridgehead atoms. The predicted molar refractivity (Wildman–Crippen MR) is 115 cm³/mol. The number of aliphatic hydroxyl groups is 1. The smallest absolute Gasteiger partial charge is 0.247 e. The fourth-order valence-electron chi connectivity index (χ4n) is 3.89. The number of benzene rings is 1. The Morgan fingerprint density at radius 2 is 2.04 bits per heavy atom. The lowest BCUT2D eigenvalue weighted by Crippen LogP contribution is -2.28. The summed E-state index contributed by atoms with van der Waals surface area (Å²) >= 11 is 6.53. The summed E-state index contributed by atoms with van der Waals surface area (Å²) in [7, 11) is 3.26. The Hall–Kier alpha value is -1.14. The molecule has 2 rings (SSSR count). The number of aromatic nitrogens is 2. The van der Waals surface area contributed by atoms with E-state index in [-0.39, 0.29) is 24.0 Å². The normalized spacial score (nSPS) is 15.9. The van der Waals surface area contributed by atoms with Crippen molar-refractivity contribution >= 4 is 22.1 Å². The van der Waals surface area contributed by atoms with E-state index in [0.29, 0.717) is 5.69 Å². The van der Waals surface area contributed by atoms with Crippen molar-refractivity contribution in [3.05, 3.63) is 52.6 Å². The van der Waals surface area contributed by atoms with E-state index in [1.54, 1.807) is 6.20 Å². The molecule has 2 N–H and O–H groups in total. The summed E-state index contributed by atoms with van der Waals surface area (Å²) in [6.07, 6.45) is 8.17. The van der Waals surface area contributed by atoms with E-state index in [9.17, 15) is 5.11 Å². The number of H-pyrrole nitrogens is 1. The molecule has 0 spiro atoms. The fraction of sp³-hybridized carbons (Fsp3) is 0.591. The third-order valence-electron chi connectivity index (χ3n) is 5.94. The van der Waals surface area contributed by atoms with Crippen LogP contribution in [0.1, 0.15) is 88.4 Å². The molecule has 0 amide bonds. The van der Waals surface area contributed by atoms with Gasteiger partial charge in [0, 0.05) is 5.02 Å². The maximum absolute atomic E-state index is 9.33. The van der Waals surface area contributed by atoms with Gasteiger partial charge in [0.15, 0.2) is 0 Å². The minimum absolute atomic E-state index is 0.0256. The second-order valence-corrected chi connectivity index (χ2v) is 8.61. The van der Waals surface area contributed by atoms with Crippen LogP contribution in [0.5, 0.6) is 0 Å². The fourth-order valence-corrected chi connectivity index (χ4v) is 4.39. The molecule has 28 heavy (non-hydrogen) atoms. The Labute approximate surface area is 177 Å². The zero-order valence-corrected chi connectivity index (χ0v) is 18.9. The number of nitrogens with zero attached hydrogens (tertiary/aromatic N) is 1. The summed E-state index contributed by atoms with van der Waals surface area (Å²) in [5.41, 5.74) is 1.83. The van der Waals surface area contributed by atoms with Crippen LogP contribution in [0.4, 0.5) is 0 Å². The highest BCUT2D eigenvalue weighted by Crippen LogP contribution is 2.48.